The van der Waals surface area contributed by atoms with Crippen LogP contribution in [0.15, 0.2) is 48.6 Å². The Morgan fingerprint density at radius 3 is 2.53 bits per heavy atom. The summed E-state index contributed by atoms with van der Waals surface area (Å²) >= 11 is 0. The van der Waals surface area contributed by atoms with Crippen LogP contribution in [0.2, 0.25) is 0 Å². The number of methoxy groups -OCH3 is 2. The average molecular weight is 754 g/mol. The third-order valence-corrected chi connectivity index (χ3v) is 15.4. The molecule has 6 heterocycles. The lowest BCUT2D eigenvalue weighted by molar-refractivity contribution is -0.201. The van der Waals surface area contributed by atoms with E-state index in [0.717, 1.165) is 40.0 Å². The highest BCUT2D eigenvalue weighted by Gasteiger charge is 2.78. The van der Waals surface area contributed by atoms with Gasteiger partial charge in [0.05, 0.1) is 25.9 Å². The molecular formula is C43H55N5O7. The molecule has 1 spiro atoms. The zero-order valence-electron chi connectivity index (χ0n) is 32.6. The van der Waals surface area contributed by atoms with E-state index in [-0.39, 0.29) is 12.0 Å². The summed E-state index contributed by atoms with van der Waals surface area (Å²) in [6, 6.07) is 11.0. The lowest BCUT2D eigenvalue weighted by atomic mass is 9.47. The standard InChI is InChI=1S/C43H55N5O7/c1-6-39(52)16-13-25-23-47(24-39)19-14-27-26-11-8-9-12-30(26)45-33(27)42(25,38(51)55-5)29-21-28-31(22-32(29)54-4)46(3)35-41(28)17-20-48-18-10-15-40(7-2,34(41)48)36(49)43(35,53)37(44)50/h8-12,15,21-22,25,34-36,45,49,52-53H,6-7,13-14,16-20,23-24H2,1-5H3,(H2,44,50)/t25-,34-,35+,36+,39-,40+,41+,42-,43-/m0/s1. The number of esters is 1. The first-order valence-corrected chi connectivity index (χ1v) is 20.0. The number of nitrogens with one attached hydrogen (secondary N) is 1. The van der Waals surface area contributed by atoms with Crippen molar-refractivity contribution in [3.8, 4) is 5.75 Å². The fourth-order valence-electron chi connectivity index (χ4n) is 13.0. The van der Waals surface area contributed by atoms with Gasteiger partial charge < -0.3 is 40.4 Å². The average Bonchev–Trinajstić information content (AvgIpc) is 3.79. The minimum absolute atomic E-state index is 0.275. The van der Waals surface area contributed by atoms with Crippen LogP contribution < -0.4 is 15.4 Å². The van der Waals surface area contributed by atoms with Gasteiger partial charge in [0.1, 0.15) is 17.3 Å². The van der Waals surface area contributed by atoms with Crippen LogP contribution in [-0.2, 0) is 31.6 Å². The van der Waals surface area contributed by atoms with Gasteiger partial charge in [-0.05, 0) is 74.2 Å². The number of carbonyl (C=O) groups excluding carboxylic acids is 2. The quantitative estimate of drug-likeness (QED) is 0.187. The van der Waals surface area contributed by atoms with Crippen LogP contribution in [0, 0.1) is 11.3 Å². The number of amides is 1. The number of aliphatic hydroxyl groups excluding tert-OH is 1. The second-order valence-electron chi connectivity index (χ2n) is 17.4. The summed E-state index contributed by atoms with van der Waals surface area (Å²) in [7, 11) is 4.91. The Bertz CT molecular complexity index is 2120. The van der Waals surface area contributed by atoms with E-state index < -0.39 is 51.5 Å². The Kier molecular flexibility index (Phi) is 8.19. The number of hydrogen-bond acceptors (Lipinski definition) is 10. The predicted molar refractivity (Wildman–Crippen MR) is 208 cm³/mol. The predicted octanol–water partition coefficient (Wildman–Crippen LogP) is 2.73. The Morgan fingerprint density at radius 2 is 1.82 bits per heavy atom. The first kappa shape index (κ1) is 36.7. The number of H-pyrrole nitrogens is 1. The molecular weight excluding hydrogens is 699 g/mol. The maximum atomic E-state index is 15.3. The SMILES string of the molecule is CC[C@]1(O)CC[C@H]2CN(CCc3c([nH]c4ccccc34)[C@@]2(C(=O)OC)c2cc3c(cc2OC)N(C)[C@H]2[C@@](O)(C(N)=O)[C@H](O)[C@]4(CC)C=CCN5CC[C@]32[C@@H]54)C1. The van der Waals surface area contributed by atoms with Gasteiger partial charge >= 0.3 is 5.97 Å². The third kappa shape index (κ3) is 4.40. The second-order valence-corrected chi connectivity index (χ2v) is 17.4. The minimum atomic E-state index is -2.30. The van der Waals surface area contributed by atoms with Gasteiger partial charge in [0.2, 0.25) is 0 Å². The molecule has 55 heavy (non-hydrogen) atoms. The molecule has 12 heteroatoms. The number of aromatic amines is 1. The van der Waals surface area contributed by atoms with Crippen molar-refractivity contribution in [1.29, 1.82) is 0 Å². The Hall–Kier alpha value is -3.94. The molecule has 1 aliphatic carbocycles. The summed E-state index contributed by atoms with van der Waals surface area (Å²) in [5.41, 5.74) is 4.74. The molecule has 1 saturated carbocycles. The van der Waals surface area contributed by atoms with Gasteiger partial charge in [0.15, 0.2) is 5.60 Å². The Morgan fingerprint density at radius 1 is 1.04 bits per heavy atom. The van der Waals surface area contributed by atoms with Crippen molar-refractivity contribution >= 4 is 28.5 Å². The molecule has 2 aromatic carbocycles. The minimum Gasteiger partial charge on any atom is -0.496 e. The zero-order chi connectivity index (χ0) is 38.9. The van der Waals surface area contributed by atoms with Crippen molar-refractivity contribution in [1.82, 2.24) is 14.8 Å². The van der Waals surface area contributed by atoms with Crippen LogP contribution in [0.25, 0.3) is 10.9 Å². The maximum absolute atomic E-state index is 15.3. The highest BCUT2D eigenvalue weighted by Crippen LogP contribution is 2.67. The summed E-state index contributed by atoms with van der Waals surface area (Å²) in [5, 5.41) is 38.0. The largest absolute Gasteiger partial charge is 0.496 e. The molecule has 1 aromatic heterocycles. The van der Waals surface area contributed by atoms with Crippen molar-refractivity contribution in [2.24, 2.45) is 17.1 Å². The molecule has 6 N–H and O–H groups in total. The van der Waals surface area contributed by atoms with Crippen LogP contribution in [0.1, 0.15) is 68.3 Å². The Balaban J connectivity index is 1.38. The normalized spacial score (nSPS) is 39.0. The topological polar surface area (TPSA) is 165 Å². The van der Waals surface area contributed by atoms with Crippen molar-refractivity contribution in [2.75, 3.05) is 58.9 Å². The first-order chi connectivity index (χ1) is 26.3. The number of nitrogens with zero attached hydrogens (tertiary/aromatic N) is 3. The van der Waals surface area contributed by atoms with Crippen LogP contribution >= 0.6 is 0 Å². The highest BCUT2D eigenvalue weighted by atomic mass is 16.5. The van der Waals surface area contributed by atoms with E-state index >= 15 is 4.79 Å². The van der Waals surface area contributed by atoms with Gasteiger partial charge in [0, 0.05) is 84.0 Å². The molecule has 294 valence electrons. The summed E-state index contributed by atoms with van der Waals surface area (Å²) in [6.45, 7) is 7.15. The number of rotatable bonds is 6. The highest BCUT2D eigenvalue weighted by molar-refractivity contribution is 5.95. The second kappa shape index (κ2) is 12.3. The van der Waals surface area contributed by atoms with E-state index in [1.165, 1.54) is 7.11 Å². The van der Waals surface area contributed by atoms with Crippen LogP contribution in [0.3, 0.4) is 0 Å². The van der Waals surface area contributed by atoms with Crippen molar-refractivity contribution < 1.29 is 34.4 Å². The lowest BCUT2D eigenvalue weighted by Crippen LogP contribution is -2.81. The van der Waals surface area contributed by atoms with Gasteiger partial charge in [-0.25, -0.2) is 0 Å². The van der Waals surface area contributed by atoms with E-state index in [2.05, 4.69) is 26.9 Å². The van der Waals surface area contributed by atoms with E-state index in [1.54, 1.807) is 7.11 Å². The zero-order valence-corrected chi connectivity index (χ0v) is 32.6. The maximum Gasteiger partial charge on any atom is 0.322 e. The van der Waals surface area contributed by atoms with E-state index in [4.69, 9.17) is 15.2 Å². The smallest absolute Gasteiger partial charge is 0.322 e. The number of fused-ring (bicyclic) bond motifs is 6. The number of hydrogen-bond donors (Lipinski definition) is 5. The first-order valence-electron chi connectivity index (χ1n) is 20.0. The number of para-hydroxylation sites is 1. The van der Waals surface area contributed by atoms with Gasteiger partial charge in [-0.1, -0.05) is 44.2 Å². The molecule has 2 saturated heterocycles. The van der Waals surface area contributed by atoms with Gasteiger partial charge in [-0.2, -0.15) is 0 Å². The number of aromatic nitrogens is 1. The summed E-state index contributed by atoms with van der Waals surface area (Å²) in [4.78, 5) is 39.4. The van der Waals surface area contributed by atoms with Crippen molar-refractivity contribution in [3.05, 3.63) is 70.9 Å². The van der Waals surface area contributed by atoms with E-state index in [1.807, 2.05) is 62.2 Å². The van der Waals surface area contributed by atoms with Gasteiger partial charge in [0.25, 0.3) is 5.91 Å². The number of ether oxygens (including phenoxy) is 2. The van der Waals surface area contributed by atoms with E-state index in [9.17, 15) is 20.1 Å². The molecule has 1 amide bonds. The number of nitrogens with two attached hydrogens (primary N) is 1. The molecule has 12 nitrogen and oxygen atoms in total. The number of primary amides is 1. The fraction of sp³-hybridized carbons (Fsp3) is 0.581. The summed E-state index contributed by atoms with van der Waals surface area (Å²) in [6.07, 6.45) is 5.95. The number of benzene rings is 2. The van der Waals surface area contributed by atoms with Crippen molar-refractivity contribution in [3.63, 3.8) is 0 Å². The molecule has 3 aromatic rings. The molecule has 9 rings (SSSR count). The number of likely N-dealkylation sites (N-methyl/N-ethyl adjacent to an activating group) is 1. The molecule has 6 aliphatic rings. The fourth-order valence-corrected chi connectivity index (χ4v) is 13.0. The molecule has 1 unspecified atom stereocenters. The molecule has 0 radical (unpaired) electrons. The number of aliphatic hydroxyl groups is 3. The summed E-state index contributed by atoms with van der Waals surface area (Å²) < 4.78 is 12.3. The molecule has 5 aliphatic heterocycles. The molecule has 10 atom stereocenters. The lowest BCUT2D eigenvalue weighted by Gasteiger charge is -2.63. The van der Waals surface area contributed by atoms with Crippen LogP contribution in [-0.4, -0.2) is 125 Å². The van der Waals surface area contributed by atoms with Gasteiger partial charge in [-0.3, -0.25) is 19.4 Å². The molecule has 3 fully saturated rings. The van der Waals surface area contributed by atoms with Crippen LogP contribution in [0.5, 0.6) is 5.75 Å². The van der Waals surface area contributed by atoms with Crippen molar-refractivity contribution in [2.45, 2.75) is 92.6 Å². The van der Waals surface area contributed by atoms with E-state index in [0.29, 0.717) is 76.0 Å². The van der Waals surface area contributed by atoms with Crippen LogP contribution in [0.4, 0.5) is 5.69 Å². The number of anilines is 1. The molecule has 2 bridgehead atoms. The number of carbonyl (C=O) groups is 2. The van der Waals surface area contributed by atoms with Gasteiger partial charge in [-0.15, -0.1) is 0 Å². The Labute approximate surface area is 322 Å². The third-order valence-electron chi connectivity index (χ3n) is 15.4. The monoisotopic (exact) mass is 753 g/mol. The summed E-state index contributed by atoms with van der Waals surface area (Å²) in [5.74, 6) is -1.25.